The van der Waals surface area contributed by atoms with E-state index in [2.05, 4.69) is 15.3 Å². The van der Waals surface area contributed by atoms with Crippen LogP contribution in [0.25, 0.3) is 0 Å². The molecule has 0 bridgehead atoms. The summed E-state index contributed by atoms with van der Waals surface area (Å²) in [5.74, 6) is 0.0133. The van der Waals surface area contributed by atoms with Crippen LogP contribution in [0, 0.1) is 11.8 Å². The standard InChI is InChI=1S/C27H28ClN3O4/c1-34-27(33)20-12-10-19(11-13-20)26(32)31-23(24-25(28)30-15-14-29-24)21-8-5-9-22(16-21)35-17-18-6-3-2-4-7-18/h2-9,14-16,19-20,23H,10-13,17H2,1H3,(H,31,32)/t19-,20+,23?. The van der Waals surface area contributed by atoms with Crippen LogP contribution in [0.1, 0.15) is 48.5 Å². The number of esters is 1. The molecule has 4 rings (SSSR count). The molecule has 1 saturated carbocycles. The van der Waals surface area contributed by atoms with Gasteiger partial charge in [-0.3, -0.25) is 14.6 Å². The summed E-state index contributed by atoms with van der Waals surface area (Å²) in [7, 11) is 1.40. The third kappa shape index (κ3) is 6.36. The second-order valence-electron chi connectivity index (χ2n) is 8.59. The number of hydrogen-bond donors (Lipinski definition) is 1. The molecule has 0 spiro atoms. The third-order valence-electron chi connectivity index (χ3n) is 6.31. The molecule has 7 nitrogen and oxygen atoms in total. The van der Waals surface area contributed by atoms with Crippen molar-refractivity contribution in [2.75, 3.05) is 7.11 Å². The van der Waals surface area contributed by atoms with Crippen molar-refractivity contribution in [2.24, 2.45) is 11.8 Å². The topological polar surface area (TPSA) is 90.4 Å². The van der Waals surface area contributed by atoms with E-state index < -0.39 is 6.04 Å². The van der Waals surface area contributed by atoms with Crippen LogP contribution >= 0.6 is 11.6 Å². The Morgan fingerprint density at radius 3 is 2.43 bits per heavy atom. The first-order valence-corrected chi connectivity index (χ1v) is 12.0. The Hall–Kier alpha value is -3.45. The van der Waals surface area contributed by atoms with Gasteiger partial charge in [0.2, 0.25) is 5.91 Å². The van der Waals surface area contributed by atoms with Crippen LogP contribution in [0.3, 0.4) is 0 Å². The molecule has 1 aromatic heterocycles. The minimum absolute atomic E-state index is 0.101. The van der Waals surface area contributed by atoms with Crippen molar-refractivity contribution in [2.45, 2.75) is 38.3 Å². The second kappa shape index (κ2) is 11.8. The molecule has 1 N–H and O–H groups in total. The summed E-state index contributed by atoms with van der Waals surface area (Å²) in [4.78, 5) is 33.7. The smallest absolute Gasteiger partial charge is 0.308 e. The highest BCUT2D eigenvalue weighted by Crippen LogP contribution is 2.32. The van der Waals surface area contributed by atoms with Gasteiger partial charge in [0.1, 0.15) is 18.1 Å². The van der Waals surface area contributed by atoms with E-state index in [9.17, 15) is 9.59 Å². The van der Waals surface area contributed by atoms with Crippen LogP contribution in [0.4, 0.5) is 0 Å². The first-order valence-electron chi connectivity index (χ1n) is 11.7. The number of aromatic nitrogens is 2. The molecule has 2 aromatic carbocycles. The zero-order valence-corrected chi connectivity index (χ0v) is 20.3. The maximum atomic E-state index is 13.3. The molecule has 1 aliphatic rings. The van der Waals surface area contributed by atoms with Gasteiger partial charge in [-0.1, -0.05) is 54.1 Å². The van der Waals surface area contributed by atoms with Crippen LogP contribution in [-0.4, -0.2) is 29.0 Å². The largest absolute Gasteiger partial charge is 0.489 e. The quantitative estimate of drug-likeness (QED) is 0.449. The third-order valence-corrected chi connectivity index (χ3v) is 6.60. The number of methoxy groups -OCH3 is 1. The lowest BCUT2D eigenvalue weighted by molar-refractivity contribution is -0.147. The van der Waals surface area contributed by atoms with Gasteiger partial charge in [-0.25, -0.2) is 4.98 Å². The molecular formula is C27H28ClN3O4. The predicted molar refractivity (Wildman–Crippen MR) is 132 cm³/mol. The lowest BCUT2D eigenvalue weighted by atomic mass is 9.81. The summed E-state index contributed by atoms with van der Waals surface area (Å²) < 4.78 is 10.8. The van der Waals surface area contributed by atoms with Gasteiger partial charge in [0.25, 0.3) is 0 Å². The fourth-order valence-electron chi connectivity index (χ4n) is 4.38. The SMILES string of the molecule is COC(=O)[C@H]1CC[C@@H](C(=O)NC(c2cccc(OCc3ccccc3)c2)c2nccnc2Cl)CC1. The van der Waals surface area contributed by atoms with Crippen molar-refractivity contribution >= 4 is 23.5 Å². The van der Waals surface area contributed by atoms with Gasteiger partial charge in [-0.2, -0.15) is 0 Å². The maximum Gasteiger partial charge on any atom is 0.308 e. The highest BCUT2D eigenvalue weighted by Gasteiger charge is 2.32. The first-order chi connectivity index (χ1) is 17.0. The number of nitrogens with zero attached hydrogens (tertiary/aromatic N) is 2. The number of benzene rings is 2. The number of amides is 1. The second-order valence-corrected chi connectivity index (χ2v) is 8.95. The summed E-state index contributed by atoms with van der Waals surface area (Å²) in [6, 6.07) is 16.8. The molecule has 1 heterocycles. The maximum absolute atomic E-state index is 13.3. The Morgan fingerprint density at radius 1 is 1.00 bits per heavy atom. The summed E-state index contributed by atoms with van der Waals surface area (Å²) in [5.41, 5.74) is 2.31. The van der Waals surface area contributed by atoms with E-state index >= 15 is 0 Å². The van der Waals surface area contributed by atoms with E-state index in [1.54, 1.807) is 6.20 Å². The van der Waals surface area contributed by atoms with Crippen LogP contribution in [0.5, 0.6) is 5.75 Å². The van der Waals surface area contributed by atoms with E-state index in [0.717, 1.165) is 11.1 Å². The van der Waals surface area contributed by atoms with Gasteiger partial charge in [-0.05, 0) is 48.9 Å². The van der Waals surface area contributed by atoms with E-state index in [4.69, 9.17) is 21.1 Å². The Labute approximate surface area is 209 Å². The Kier molecular flexibility index (Phi) is 8.32. The number of nitrogens with one attached hydrogen (secondary N) is 1. The van der Waals surface area contributed by atoms with Crippen molar-refractivity contribution < 1.29 is 19.1 Å². The van der Waals surface area contributed by atoms with Gasteiger partial charge < -0.3 is 14.8 Å². The Bertz CT molecular complexity index is 1150. The minimum Gasteiger partial charge on any atom is -0.489 e. The van der Waals surface area contributed by atoms with E-state index in [1.165, 1.54) is 13.3 Å². The molecule has 182 valence electrons. The molecule has 1 amide bonds. The lowest BCUT2D eigenvalue weighted by Gasteiger charge is -2.28. The van der Waals surface area contributed by atoms with E-state index in [1.807, 2.05) is 54.6 Å². The highest BCUT2D eigenvalue weighted by molar-refractivity contribution is 6.30. The number of carbonyl (C=O) groups is 2. The average Bonchev–Trinajstić information content (AvgIpc) is 2.91. The molecule has 8 heteroatoms. The molecule has 3 aromatic rings. The van der Waals surface area contributed by atoms with E-state index in [-0.39, 0.29) is 28.9 Å². The average molecular weight is 494 g/mol. The van der Waals surface area contributed by atoms with Crippen LogP contribution < -0.4 is 10.1 Å². The molecule has 1 aliphatic carbocycles. The molecule has 0 saturated heterocycles. The summed E-state index contributed by atoms with van der Waals surface area (Å²) in [6.45, 7) is 0.427. The number of ether oxygens (including phenoxy) is 2. The first kappa shape index (κ1) is 24.7. The summed E-state index contributed by atoms with van der Waals surface area (Å²) in [5, 5.41) is 3.35. The number of carbonyl (C=O) groups excluding carboxylic acids is 2. The molecule has 1 fully saturated rings. The number of hydrogen-bond acceptors (Lipinski definition) is 6. The van der Waals surface area contributed by atoms with Gasteiger partial charge in [-0.15, -0.1) is 0 Å². The Balaban J connectivity index is 1.51. The van der Waals surface area contributed by atoms with Crippen LogP contribution in [0.15, 0.2) is 67.0 Å². The fraction of sp³-hybridized carbons (Fsp3) is 0.333. The van der Waals surface area contributed by atoms with Crippen molar-refractivity contribution in [3.8, 4) is 5.75 Å². The van der Waals surface area contributed by atoms with Crippen molar-refractivity contribution in [1.29, 1.82) is 0 Å². The van der Waals surface area contributed by atoms with Crippen LogP contribution in [-0.2, 0) is 20.9 Å². The minimum atomic E-state index is -0.595. The van der Waals surface area contributed by atoms with Crippen LogP contribution in [0.2, 0.25) is 5.15 Å². The Morgan fingerprint density at radius 2 is 1.71 bits per heavy atom. The van der Waals surface area contributed by atoms with Gasteiger partial charge in [0.05, 0.1) is 19.1 Å². The summed E-state index contributed by atoms with van der Waals surface area (Å²) in [6.07, 6.45) is 5.56. The molecule has 0 aliphatic heterocycles. The summed E-state index contributed by atoms with van der Waals surface area (Å²) >= 11 is 6.38. The lowest BCUT2D eigenvalue weighted by Crippen LogP contribution is -2.37. The van der Waals surface area contributed by atoms with Gasteiger partial charge >= 0.3 is 5.97 Å². The molecule has 1 unspecified atom stereocenters. The zero-order chi connectivity index (χ0) is 24.6. The molecular weight excluding hydrogens is 466 g/mol. The molecule has 35 heavy (non-hydrogen) atoms. The van der Waals surface area contributed by atoms with Crippen molar-refractivity contribution in [1.82, 2.24) is 15.3 Å². The van der Waals surface area contributed by atoms with Crippen molar-refractivity contribution in [3.63, 3.8) is 0 Å². The predicted octanol–water partition coefficient (Wildman–Crippen LogP) is 4.89. The van der Waals surface area contributed by atoms with E-state index in [0.29, 0.717) is 43.7 Å². The monoisotopic (exact) mass is 493 g/mol. The van der Waals surface area contributed by atoms with Crippen molar-refractivity contribution in [3.05, 3.63) is 89.0 Å². The number of rotatable bonds is 8. The fourth-order valence-corrected chi connectivity index (χ4v) is 4.59. The normalized spacial score (nSPS) is 18.3. The molecule has 0 radical (unpaired) electrons. The highest BCUT2D eigenvalue weighted by atomic mass is 35.5. The van der Waals surface area contributed by atoms with Gasteiger partial charge in [0.15, 0.2) is 5.15 Å². The number of halogens is 1. The molecule has 1 atom stereocenters. The zero-order valence-electron chi connectivity index (χ0n) is 19.5. The van der Waals surface area contributed by atoms with Gasteiger partial charge in [0, 0.05) is 18.3 Å².